The van der Waals surface area contributed by atoms with Crippen LogP contribution in [0.2, 0.25) is 0 Å². The molecule has 0 N–H and O–H groups in total. The molecule has 0 radical (unpaired) electrons. The molecule has 1 fully saturated rings. The van der Waals surface area contributed by atoms with Crippen LogP contribution in [-0.4, -0.2) is 29.4 Å². The van der Waals surface area contributed by atoms with E-state index in [1.807, 2.05) is 30.3 Å². The van der Waals surface area contributed by atoms with Crippen LogP contribution in [0.1, 0.15) is 22.1 Å². The van der Waals surface area contributed by atoms with E-state index in [1.54, 1.807) is 6.07 Å². The van der Waals surface area contributed by atoms with E-state index in [0.29, 0.717) is 12.2 Å². The van der Waals surface area contributed by atoms with Crippen molar-refractivity contribution in [1.82, 2.24) is 4.90 Å². The second-order valence-corrected chi connectivity index (χ2v) is 7.77. The summed E-state index contributed by atoms with van der Waals surface area (Å²) >= 11 is 1.19. The molecule has 2 unspecified atom stereocenters. The van der Waals surface area contributed by atoms with Crippen molar-refractivity contribution in [3.63, 3.8) is 0 Å². The van der Waals surface area contributed by atoms with E-state index < -0.39 is 23.2 Å². The predicted octanol–water partition coefficient (Wildman–Crippen LogP) is 4.74. The molecule has 0 saturated carbocycles. The molecule has 0 bridgehead atoms. The Bertz CT molecular complexity index is 917. The minimum Gasteiger partial charge on any atom is -0.462 e. The minimum atomic E-state index is -4.50. The molecule has 152 valence electrons. The van der Waals surface area contributed by atoms with E-state index in [0.717, 1.165) is 11.6 Å². The van der Waals surface area contributed by atoms with Gasteiger partial charge in [-0.15, -0.1) is 11.8 Å². The topological polar surface area (TPSA) is 38.8 Å². The van der Waals surface area contributed by atoms with E-state index in [4.69, 9.17) is 9.47 Å². The molecular formula is C21H18F3NO3S. The summed E-state index contributed by atoms with van der Waals surface area (Å²) in [6, 6.07) is 14.3. The fourth-order valence-corrected chi connectivity index (χ4v) is 4.84. The Morgan fingerprint density at radius 3 is 2.52 bits per heavy atom. The lowest BCUT2D eigenvalue weighted by atomic mass is 10.0. The number of hydrogen-bond acceptors (Lipinski definition) is 4. The molecule has 0 spiro atoms. The molecule has 1 amide bonds. The lowest BCUT2D eigenvalue weighted by molar-refractivity contribution is -0.139. The number of alkyl halides is 3. The highest BCUT2D eigenvalue weighted by molar-refractivity contribution is 8.00. The van der Waals surface area contributed by atoms with Crippen LogP contribution >= 0.6 is 11.8 Å². The molecule has 0 aromatic heterocycles. The van der Waals surface area contributed by atoms with Gasteiger partial charge >= 0.3 is 6.18 Å². The third-order valence-electron chi connectivity index (χ3n) is 4.87. The minimum absolute atomic E-state index is 0.0274. The smallest absolute Gasteiger partial charge is 0.416 e. The van der Waals surface area contributed by atoms with Crippen LogP contribution in [0.25, 0.3) is 0 Å². The maximum absolute atomic E-state index is 13.6. The van der Waals surface area contributed by atoms with Crippen molar-refractivity contribution in [2.24, 2.45) is 0 Å². The number of ether oxygens (including phenoxy) is 2. The van der Waals surface area contributed by atoms with Gasteiger partial charge in [0.05, 0.1) is 17.4 Å². The van der Waals surface area contributed by atoms with Crippen LogP contribution in [-0.2, 0) is 26.9 Å². The van der Waals surface area contributed by atoms with E-state index >= 15 is 0 Å². The van der Waals surface area contributed by atoms with E-state index in [2.05, 4.69) is 0 Å². The first kappa shape index (κ1) is 19.7. The van der Waals surface area contributed by atoms with Gasteiger partial charge in [-0.25, -0.2) is 0 Å². The van der Waals surface area contributed by atoms with Gasteiger partial charge in [-0.2, -0.15) is 13.2 Å². The van der Waals surface area contributed by atoms with Crippen LogP contribution < -0.4 is 0 Å². The Morgan fingerprint density at radius 1 is 1.10 bits per heavy atom. The quantitative estimate of drug-likeness (QED) is 0.699. The molecule has 2 aliphatic heterocycles. The molecule has 2 heterocycles. The number of rotatable bonds is 5. The zero-order valence-electron chi connectivity index (χ0n) is 15.3. The molecule has 2 atom stereocenters. The standard InChI is InChI=1S/C21H18F3NO3S/c22-21(23,24)16-9-5-4-8-15(16)20-25(19(26)12-29-20)17(18-11-27-13-28-18)10-14-6-2-1-3-7-14/h1-9,11,17,20H,10,12-13H2. The molecular weight excluding hydrogens is 403 g/mol. The fraction of sp³-hybridized carbons (Fsp3) is 0.286. The summed E-state index contributed by atoms with van der Waals surface area (Å²) in [6.45, 7) is 0.0274. The largest absolute Gasteiger partial charge is 0.462 e. The zero-order chi connectivity index (χ0) is 20.4. The second kappa shape index (κ2) is 8.02. The first-order valence-corrected chi connectivity index (χ1v) is 10.1. The zero-order valence-corrected chi connectivity index (χ0v) is 16.1. The van der Waals surface area contributed by atoms with Crippen LogP contribution in [0.15, 0.2) is 66.6 Å². The lowest BCUT2D eigenvalue weighted by Crippen LogP contribution is -2.41. The number of carbonyl (C=O) groups excluding carboxylic acids is 1. The van der Waals surface area contributed by atoms with E-state index in [-0.39, 0.29) is 24.0 Å². The van der Waals surface area contributed by atoms with Crippen molar-refractivity contribution < 1.29 is 27.4 Å². The molecule has 2 aromatic rings. The third-order valence-corrected chi connectivity index (χ3v) is 6.08. The van der Waals surface area contributed by atoms with Gasteiger partial charge in [-0.1, -0.05) is 48.5 Å². The number of thioether (sulfide) groups is 1. The van der Waals surface area contributed by atoms with Crippen molar-refractivity contribution in [1.29, 1.82) is 0 Å². The SMILES string of the molecule is O=C1CSC(c2ccccc2C(F)(F)F)N1C(Cc1ccccc1)C1=COCO1. The molecule has 4 rings (SSSR count). The van der Waals surface area contributed by atoms with Crippen molar-refractivity contribution in [2.75, 3.05) is 12.5 Å². The average molecular weight is 421 g/mol. The second-order valence-electron chi connectivity index (χ2n) is 6.70. The van der Waals surface area contributed by atoms with Crippen molar-refractivity contribution in [3.05, 3.63) is 83.3 Å². The lowest BCUT2D eigenvalue weighted by Gasteiger charge is -2.33. The highest BCUT2D eigenvalue weighted by Gasteiger charge is 2.44. The molecule has 8 heteroatoms. The van der Waals surface area contributed by atoms with Crippen LogP contribution in [0.5, 0.6) is 0 Å². The summed E-state index contributed by atoms with van der Waals surface area (Å²) in [5.74, 6) is 0.324. The Balaban J connectivity index is 1.74. The molecule has 0 aliphatic carbocycles. The number of benzene rings is 2. The first-order valence-electron chi connectivity index (χ1n) is 9.02. The van der Waals surface area contributed by atoms with Gasteiger partial charge in [0.2, 0.25) is 12.7 Å². The van der Waals surface area contributed by atoms with Crippen molar-refractivity contribution in [3.8, 4) is 0 Å². The number of halogens is 3. The van der Waals surface area contributed by atoms with Crippen LogP contribution in [0.3, 0.4) is 0 Å². The van der Waals surface area contributed by atoms with Crippen molar-refractivity contribution >= 4 is 17.7 Å². The molecule has 2 aliphatic rings. The summed E-state index contributed by atoms with van der Waals surface area (Å²) in [6.07, 6.45) is -2.65. The summed E-state index contributed by atoms with van der Waals surface area (Å²) < 4.78 is 51.5. The first-order chi connectivity index (χ1) is 13.9. The highest BCUT2D eigenvalue weighted by Crippen LogP contribution is 2.46. The number of nitrogens with zero attached hydrogens (tertiary/aromatic N) is 1. The summed E-state index contributed by atoms with van der Waals surface area (Å²) in [4.78, 5) is 14.3. The number of amides is 1. The average Bonchev–Trinajstić information content (AvgIpc) is 3.36. The number of carbonyl (C=O) groups is 1. The maximum atomic E-state index is 13.6. The van der Waals surface area contributed by atoms with Gasteiger partial charge in [0.25, 0.3) is 0 Å². The van der Waals surface area contributed by atoms with Crippen molar-refractivity contribution in [2.45, 2.75) is 24.0 Å². The summed E-state index contributed by atoms with van der Waals surface area (Å²) in [5.41, 5.74) is 0.295. The van der Waals surface area contributed by atoms with Gasteiger partial charge in [0.1, 0.15) is 11.6 Å². The Morgan fingerprint density at radius 2 is 1.83 bits per heavy atom. The Hall–Kier alpha value is -2.61. The van der Waals surface area contributed by atoms with Crippen LogP contribution in [0.4, 0.5) is 13.2 Å². The van der Waals surface area contributed by atoms with Gasteiger partial charge in [-0.05, 0) is 17.2 Å². The Kier molecular flexibility index (Phi) is 5.45. The van der Waals surface area contributed by atoms with Gasteiger partial charge < -0.3 is 14.4 Å². The maximum Gasteiger partial charge on any atom is 0.416 e. The molecule has 29 heavy (non-hydrogen) atoms. The highest BCUT2D eigenvalue weighted by atomic mass is 32.2. The predicted molar refractivity (Wildman–Crippen MR) is 103 cm³/mol. The normalized spacial score (nSPS) is 20.2. The van der Waals surface area contributed by atoms with Gasteiger partial charge in [0, 0.05) is 6.42 Å². The van der Waals surface area contributed by atoms with Crippen LogP contribution in [0, 0.1) is 0 Å². The molecule has 1 saturated heterocycles. The fourth-order valence-electron chi connectivity index (χ4n) is 3.58. The van der Waals surface area contributed by atoms with E-state index in [1.165, 1.54) is 35.1 Å². The molecule has 2 aromatic carbocycles. The number of hydrogen-bond donors (Lipinski definition) is 0. The summed E-state index contributed by atoms with van der Waals surface area (Å²) in [5, 5.41) is -0.765. The summed E-state index contributed by atoms with van der Waals surface area (Å²) in [7, 11) is 0. The molecule has 4 nitrogen and oxygen atoms in total. The third kappa shape index (κ3) is 4.07. The Labute approximate surface area is 170 Å². The van der Waals surface area contributed by atoms with E-state index in [9.17, 15) is 18.0 Å². The van der Waals surface area contributed by atoms with Gasteiger partial charge in [0.15, 0.2) is 5.76 Å². The van der Waals surface area contributed by atoms with Gasteiger partial charge in [-0.3, -0.25) is 4.79 Å². The monoisotopic (exact) mass is 421 g/mol.